The molecule has 1 aromatic heterocycles. The van der Waals surface area contributed by atoms with E-state index in [-0.39, 0.29) is 11.7 Å². The normalized spacial score (nSPS) is 10.7. The molecule has 140 valence electrons. The highest BCUT2D eigenvalue weighted by Gasteiger charge is 2.08. The number of hydrogen-bond donors (Lipinski definition) is 1. The van der Waals surface area contributed by atoms with E-state index in [1.165, 1.54) is 23.9 Å². The number of carbonyl (C=O) groups excluding carboxylic acids is 1. The van der Waals surface area contributed by atoms with Crippen molar-refractivity contribution in [1.82, 2.24) is 10.3 Å². The summed E-state index contributed by atoms with van der Waals surface area (Å²) in [5.41, 5.74) is 2.62. The smallest absolute Gasteiger partial charge is 0.230 e. The second kappa shape index (κ2) is 9.58. The highest BCUT2D eigenvalue weighted by Crippen LogP contribution is 2.22. The number of halogens is 2. The van der Waals surface area contributed by atoms with Crippen molar-refractivity contribution in [2.45, 2.75) is 12.2 Å². The molecule has 0 fully saturated rings. The number of carbonyl (C=O) groups is 1. The third-order valence-corrected chi connectivity index (χ3v) is 4.99. The predicted octanol–water partition coefficient (Wildman–Crippen LogP) is 4.73. The minimum absolute atomic E-state index is 0.0384. The van der Waals surface area contributed by atoms with E-state index in [0.29, 0.717) is 35.4 Å². The Morgan fingerprint density at radius 3 is 2.63 bits per heavy atom. The van der Waals surface area contributed by atoms with E-state index in [4.69, 9.17) is 16.0 Å². The molecule has 0 saturated carbocycles. The second-order valence-electron chi connectivity index (χ2n) is 5.87. The number of rotatable bonds is 8. The molecular formula is C20H18ClFN2O2S. The number of nitrogens with zero attached hydrogens (tertiary/aromatic N) is 1. The fraction of sp³-hybridized carbons (Fsp3) is 0.200. The van der Waals surface area contributed by atoms with Gasteiger partial charge in [-0.1, -0.05) is 23.7 Å². The first-order valence-electron chi connectivity index (χ1n) is 8.39. The van der Waals surface area contributed by atoms with Gasteiger partial charge in [-0.05, 0) is 48.4 Å². The van der Waals surface area contributed by atoms with E-state index in [0.717, 1.165) is 16.8 Å². The summed E-state index contributed by atoms with van der Waals surface area (Å²) in [4.78, 5) is 16.3. The Hall–Kier alpha value is -2.31. The third kappa shape index (κ3) is 6.12. The van der Waals surface area contributed by atoms with Crippen LogP contribution in [0.1, 0.15) is 11.3 Å². The molecule has 4 nitrogen and oxygen atoms in total. The zero-order valence-corrected chi connectivity index (χ0v) is 16.0. The SMILES string of the molecule is O=C(CSCc1coc(-c2ccc(Cl)cc2)n1)NCCc1ccc(F)cc1. The van der Waals surface area contributed by atoms with Crippen molar-refractivity contribution < 1.29 is 13.6 Å². The van der Waals surface area contributed by atoms with Gasteiger partial charge in [0, 0.05) is 22.9 Å². The van der Waals surface area contributed by atoms with Crippen molar-refractivity contribution in [3.63, 3.8) is 0 Å². The van der Waals surface area contributed by atoms with Crippen LogP contribution in [0.5, 0.6) is 0 Å². The number of hydrogen-bond acceptors (Lipinski definition) is 4. The molecule has 0 radical (unpaired) electrons. The highest BCUT2D eigenvalue weighted by molar-refractivity contribution is 7.99. The molecule has 1 N–H and O–H groups in total. The lowest BCUT2D eigenvalue weighted by molar-refractivity contribution is -0.118. The van der Waals surface area contributed by atoms with Gasteiger partial charge in [-0.3, -0.25) is 4.79 Å². The van der Waals surface area contributed by atoms with Crippen molar-refractivity contribution in [2.24, 2.45) is 0 Å². The lowest BCUT2D eigenvalue weighted by Gasteiger charge is -2.05. The summed E-state index contributed by atoms with van der Waals surface area (Å²) < 4.78 is 18.3. The second-order valence-corrected chi connectivity index (χ2v) is 7.29. The molecular weight excluding hydrogens is 387 g/mol. The fourth-order valence-corrected chi connectivity index (χ4v) is 3.25. The van der Waals surface area contributed by atoms with E-state index in [1.807, 2.05) is 12.1 Å². The first kappa shape index (κ1) is 19.5. The summed E-state index contributed by atoms with van der Waals surface area (Å²) in [6, 6.07) is 13.5. The van der Waals surface area contributed by atoms with Crippen molar-refractivity contribution in [3.8, 4) is 11.5 Å². The van der Waals surface area contributed by atoms with Crippen LogP contribution in [-0.2, 0) is 17.0 Å². The molecule has 2 aromatic carbocycles. The van der Waals surface area contributed by atoms with Crippen molar-refractivity contribution in [2.75, 3.05) is 12.3 Å². The molecule has 0 atom stereocenters. The average molecular weight is 405 g/mol. The number of aromatic nitrogens is 1. The van der Waals surface area contributed by atoms with Gasteiger partial charge in [-0.15, -0.1) is 11.8 Å². The molecule has 0 aliphatic rings. The molecule has 27 heavy (non-hydrogen) atoms. The maximum absolute atomic E-state index is 12.8. The van der Waals surface area contributed by atoms with Crippen LogP contribution in [0.15, 0.2) is 59.2 Å². The maximum atomic E-state index is 12.8. The Labute approximate surface area is 166 Å². The van der Waals surface area contributed by atoms with E-state index in [2.05, 4.69) is 10.3 Å². The Morgan fingerprint density at radius 2 is 1.89 bits per heavy atom. The summed E-state index contributed by atoms with van der Waals surface area (Å²) in [6.45, 7) is 0.524. The molecule has 7 heteroatoms. The van der Waals surface area contributed by atoms with E-state index in [9.17, 15) is 9.18 Å². The zero-order valence-electron chi connectivity index (χ0n) is 14.5. The van der Waals surface area contributed by atoms with Gasteiger partial charge < -0.3 is 9.73 Å². The average Bonchev–Trinajstić information content (AvgIpc) is 3.13. The van der Waals surface area contributed by atoms with Gasteiger partial charge in [0.15, 0.2) is 0 Å². The quantitative estimate of drug-likeness (QED) is 0.590. The van der Waals surface area contributed by atoms with Crippen LogP contribution in [0.25, 0.3) is 11.5 Å². The monoisotopic (exact) mass is 404 g/mol. The molecule has 0 unspecified atom stereocenters. The molecule has 1 amide bonds. The van der Waals surface area contributed by atoms with Gasteiger partial charge in [0.05, 0.1) is 11.4 Å². The van der Waals surface area contributed by atoms with Crippen molar-refractivity contribution >= 4 is 29.3 Å². The number of amides is 1. The summed E-state index contributed by atoms with van der Waals surface area (Å²) in [5.74, 6) is 1.16. The molecule has 0 bridgehead atoms. The fourth-order valence-electron chi connectivity index (χ4n) is 2.39. The number of thioether (sulfide) groups is 1. The molecule has 0 aliphatic heterocycles. The van der Waals surface area contributed by atoms with Crippen LogP contribution in [0.2, 0.25) is 5.02 Å². The largest absolute Gasteiger partial charge is 0.444 e. The van der Waals surface area contributed by atoms with E-state index in [1.54, 1.807) is 30.5 Å². The van der Waals surface area contributed by atoms with Crippen molar-refractivity contribution in [1.29, 1.82) is 0 Å². The highest BCUT2D eigenvalue weighted by atomic mass is 35.5. The van der Waals surface area contributed by atoms with Crippen LogP contribution >= 0.6 is 23.4 Å². The van der Waals surface area contributed by atoms with Crippen LogP contribution in [-0.4, -0.2) is 23.2 Å². The topological polar surface area (TPSA) is 55.1 Å². The van der Waals surface area contributed by atoms with E-state index < -0.39 is 0 Å². The van der Waals surface area contributed by atoms with Gasteiger partial charge in [-0.2, -0.15) is 0 Å². The number of benzene rings is 2. The minimum Gasteiger partial charge on any atom is -0.444 e. The molecule has 0 saturated heterocycles. The maximum Gasteiger partial charge on any atom is 0.230 e. The number of nitrogens with one attached hydrogen (secondary N) is 1. The molecule has 0 spiro atoms. The molecule has 0 aliphatic carbocycles. The van der Waals surface area contributed by atoms with Crippen LogP contribution < -0.4 is 5.32 Å². The molecule has 1 heterocycles. The standard InChI is InChI=1S/C20H18ClFN2O2S/c21-16-5-3-15(4-6-16)20-24-18(11-26-20)12-27-13-19(25)23-10-9-14-1-7-17(22)8-2-14/h1-8,11H,9-10,12-13H2,(H,23,25). The zero-order chi connectivity index (χ0) is 19.1. The Morgan fingerprint density at radius 1 is 1.15 bits per heavy atom. The lowest BCUT2D eigenvalue weighted by Crippen LogP contribution is -2.27. The first-order chi connectivity index (χ1) is 13.1. The predicted molar refractivity (Wildman–Crippen MR) is 106 cm³/mol. The third-order valence-electron chi connectivity index (χ3n) is 3.78. The van der Waals surface area contributed by atoms with E-state index >= 15 is 0 Å². The Bertz CT molecular complexity index is 882. The van der Waals surface area contributed by atoms with Gasteiger partial charge >= 0.3 is 0 Å². The summed E-state index contributed by atoms with van der Waals surface area (Å²) >= 11 is 7.34. The van der Waals surface area contributed by atoms with Gasteiger partial charge in [-0.25, -0.2) is 9.37 Å². The van der Waals surface area contributed by atoms with Crippen LogP contribution in [0.4, 0.5) is 4.39 Å². The van der Waals surface area contributed by atoms with Crippen LogP contribution in [0, 0.1) is 5.82 Å². The van der Waals surface area contributed by atoms with Gasteiger partial charge in [0.2, 0.25) is 11.8 Å². The Kier molecular flexibility index (Phi) is 6.90. The Balaban J connectivity index is 1.37. The van der Waals surface area contributed by atoms with Crippen LogP contribution in [0.3, 0.4) is 0 Å². The lowest BCUT2D eigenvalue weighted by atomic mass is 10.1. The van der Waals surface area contributed by atoms with Gasteiger partial charge in [0.25, 0.3) is 0 Å². The number of oxazole rings is 1. The first-order valence-corrected chi connectivity index (χ1v) is 9.92. The summed E-state index contributed by atoms with van der Waals surface area (Å²) in [6.07, 6.45) is 2.27. The summed E-state index contributed by atoms with van der Waals surface area (Å²) in [5, 5.41) is 3.52. The summed E-state index contributed by atoms with van der Waals surface area (Å²) in [7, 11) is 0. The molecule has 3 aromatic rings. The minimum atomic E-state index is -0.258. The van der Waals surface area contributed by atoms with Gasteiger partial charge in [0.1, 0.15) is 12.1 Å². The van der Waals surface area contributed by atoms with Crippen molar-refractivity contribution in [3.05, 3.63) is 76.9 Å². The molecule has 3 rings (SSSR count).